The van der Waals surface area contributed by atoms with Crippen LogP contribution in [0.15, 0.2) is 16.5 Å². The highest BCUT2D eigenvalue weighted by Crippen LogP contribution is 2.35. The van der Waals surface area contributed by atoms with Crippen LogP contribution in [0.2, 0.25) is 0 Å². The molecule has 4 rings (SSSR count). The fourth-order valence-corrected chi connectivity index (χ4v) is 3.85. The lowest BCUT2D eigenvalue weighted by Crippen LogP contribution is -2.43. The van der Waals surface area contributed by atoms with Crippen molar-refractivity contribution >= 4 is 5.91 Å². The molecule has 2 unspecified atom stereocenters. The summed E-state index contributed by atoms with van der Waals surface area (Å²) in [5.74, 6) is 2.10. The van der Waals surface area contributed by atoms with Gasteiger partial charge in [0.05, 0.1) is 17.4 Å². The van der Waals surface area contributed by atoms with Crippen LogP contribution in [0.25, 0.3) is 0 Å². The van der Waals surface area contributed by atoms with E-state index in [1.807, 2.05) is 24.0 Å². The Kier molecular flexibility index (Phi) is 3.67. The number of aromatic amines is 1. The number of H-pyrrole nitrogens is 1. The fourth-order valence-electron chi connectivity index (χ4n) is 3.85. The Morgan fingerprint density at radius 2 is 2.13 bits per heavy atom. The lowest BCUT2D eigenvalue weighted by atomic mass is 9.87. The molecular weight excluding hydrogens is 292 g/mol. The molecule has 1 fully saturated rings. The van der Waals surface area contributed by atoms with Crippen LogP contribution in [0.3, 0.4) is 0 Å². The maximum Gasteiger partial charge on any atom is 0.226 e. The summed E-state index contributed by atoms with van der Waals surface area (Å²) >= 11 is 0. The summed E-state index contributed by atoms with van der Waals surface area (Å²) in [4.78, 5) is 15.1. The predicted molar refractivity (Wildman–Crippen MR) is 83.6 cm³/mol. The van der Waals surface area contributed by atoms with Gasteiger partial charge in [0.2, 0.25) is 5.91 Å². The van der Waals surface area contributed by atoms with E-state index in [1.165, 1.54) is 0 Å². The van der Waals surface area contributed by atoms with Crippen molar-refractivity contribution in [1.82, 2.24) is 20.3 Å². The van der Waals surface area contributed by atoms with Gasteiger partial charge in [-0.2, -0.15) is 15.4 Å². The van der Waals surface area contributed by atoms with Crippen LogP contribution in [0.1, 0.15) is 54.6 Å². The standard InChI is InChI=1S/C17H22N4O2/c1-11-5-8-16(23-11)15-4-2-3-9-21(15)17(22)12-6-7-13-14(10-12)19-20-18-13/h5,8,12,15H,2-4,6-7,9-10H2,1H3,(H,18,19,20). The normalized spacial score (nSPS) is 24.5. The highest BCUT2D eigenvalue weighted by Gasteiger charge is 2.36. The number of nitrogens with one attached hydrogen (secondary N) is 1. The molecule has 6 nitrogen and oxygen atoms in total. The first-order chi connectivity index (χ1) is 11.2. The first kappa shape index (κ1) is 14.5. The second kappa shape index (κ2) is 5.83. The maximum atomic E-state index is 13.1. The van der Waals surface area contributed by atoms with Crippen LogP contribution < -0.4 is 0 Å². The molecule has 2 atom stereocenters. The molecule has 23 heavy (non-hydrogen) atoms. The molecule has 2 aliphatic rings. The molecular formula is C17H22N4O2. The van der Waals surface area contributed by atoms with Crippen molar-refractivity contribution < 1.29 is 9.21 Å². The molecule has 1 aliphatic heterocycles. The van der Waals surface area contributed by atoms with E-state index >= 15 is 0 Å². The molecule has 1 aliphatic carbocycles. The first-order valence-corrected chi connectivity index (χ1v) is 8.47. The quantitative estimate of drug-likeness (QED) is 0.924. The number of hydrogen-bond acceptors (Lipinski definition) is 4. The Hall–Kier alpha value is -2.11. The monoisotopic (exact) mass is 314 g/mol. The van der Waals surface area contributed by atoms with Crippen LogP contribution in [0.4, 0.5) is 0 Å². The summed E-state index contributed by atoms with van der Waals surface area (Å²) in [5, 5.41) is 11.0. The fraction of sp³-hybridized carbons (Fsp3) is 0.588. The zero-order valence-corrected chi connectivity index (χ0v) is 13.4. The third-order valence-electron chi connectivity index (χ3n) is 5.10. The molecule has 0 aromatic carbocycles. The van der Waals surface area contributed by atoms with E-state index < -0.39 is 0 Å². The summed E-state index contributed by atoms with van der Waals surface area (Å²) in [6.07, 6.45) is 5.60. The van der Waals surface area contributed by atoms with Gasteiger partial charge in [-0.3, -0.25) is 4.79 Å². The van der Waals surface area contributed by atoms with Crippen LogP contribution in [-0.2, 0) is 17.6 Å². The van der Waals surface area contributed by atoms with Crippen molar-refractivity contribution in [2.24, 2.45) is 5.92 Å². The summed E-state index contributed by atoms with van der Waals surface area (Å²) in [5.41, 5.74) is 1.97. The molecule has 2 aromatic heterocycles. The molecule has 1 N–H and O–H groups in total. The van der Waals surface area contributed by atoms with E-state index in [1.54, 1.807) is 0 Å². The van der Waals surface area contributed by atoms with E-state index in [0.717, 1.165) is 61.6 Å². The number of carbonyl (C=O) groups excluding carboxylic acids is 1. The first-order valence-electron chi connectivity index (χ1n) is 8.47. The van der Waals surface area contributed by atoms with Crippen LogP contribution in [-0.4, -0.2) is 32.8 Å². The van der Waals surface area contributed by atoms with Gasteiger partial charge in [-0.05, 0) is 51.2 Å². The lowest BCUT2D eigenvalue weighted by Gasteiger charge is -2.37. The number of nitrogens with zero attached hydrogens (tertiary/aromatic N) is 3. The average molecular weight is 314 g/mol. The molecule has 1 amide bonds. The Balaban J connectivity index is 1.54. The average Bonchev–Trinajstić information content (AvgIpc) is 3.22. The van der Waals surface area contributed by atoms with Gasteiger partial charge in [-0.15, -0.1) is 0 Å². The van der Waals surface area contributed by atoms with Crippen molar-refractivity contribution in [3.8, 4) is 0 Å². The van der Waals surface area contributed by atoms with Gasteiger partial charge in [-0.25, -0.2) is 0 Å². The van der Waals surface area contributed by atoms with Gasteiger partial charge in [-0.1, -0.05) is 0 Å². The molecule has 6 heteroatoms. The summed E-state index contributed by atoms with van der Waals surface area (Å²) in [7, 11) is 0. The summed E-state index contributed by atoms with van der Waals surface area (Å²) in [6, 6.07) is 4.08. The van der Waals surface area contributed by atoms with Gasteiger partial charge in [0.1, 0.15) is 11.5 Å². The Bertz CT molecular complexity index is 705. The minimum absolute atomic E-state index is 0.0178. The minimum Gasteiger partial charge on any atom is -0.464 e. The van der Waals surface area contributed by atoms with Crippen molar-refractivity contribution in [2.75, 3.05) is 6.54 Å². The van der Waals surface area contributed by atoms with E-state index in [0.29, 0.717) is 6.42 Å². The Labute approximate surface area is 135 Å². The van der Waals surface area contributed by atoms with Crippen molar-refractivity contribution in [2.45, 2.75) is 51.5 Å². The highest BCUT2D eigenvalue weighted by molar-refractivity contribution is 5.80. The minimum atomic E-state index is 0.0178. The number of carbonyl (C=O) groups is 1. The van der Waals surface area contributed by atoms with Gasteiger partial charge in [0.15, 0.2) is 0 Å². The molecule has 122 valence electrons. The number of hydrogen-bond donors (Lipinski definition) is 1. The molecule has 0 spiro atoms. The third kappa shape index (κ3) is 2.66. The van der Waals surface area contributed by atoms with Gasteiger partial charge < -0.3 is 9.32 Å². The molecule has 3 heterocycles. The van der Waals surface area contributed by atoms with Crippen molar-refractivity contribution in [3.63, 3.8) is 0 Å². The van der Waals surface area contributed by atoms with Gasteiger partial charge >= 0.3 is 0 Å². The highest BCUT2D eigenvalue weighted by atomic mass is 16.3. The second-order valence-electron chi connectivity index (χ2n) is 6.65. The topological polar surface area (TPSA) is 75.0 Å². The Morgan fingerprint density at radius 1 is 1.26 bits per heavy atom. The molecule has 2 aromatic rings. The number of aryl methyl sites for hydroxylation is 2. The smallest absolute Gasteiger partial charge is 0.226 e. The van der Waals surface area contributed by atoms with E-state index in [-0.39, 0.29) is 17.9 Å². The molecule has 0 radical (unpaired) electrons. The van der Waals surface area contributed by atoms with Crippen molar-refractivity contribution in [1.29, 1.82) is 0 Å². The number of furan rings is 1. The summed E-state index contributed by atoms with van der Waals surface area (Å²) in [6.45, 7) is 2.77. The predicted octanol–water partition coefficient (Wildman–Crippen LogP) is 2.56. The van der Waals surface area contributed by atoms with Gasteiger partial charge in [0.25, 0.3) is 0 Å². The molecule has 1 saturated heterocycles. The summed E-state index contributed by atoms with van der Waals surface area (Å²) < 4.78 is 5.81. The number of aromatic nitrogens is 3. The van der Waals surface area contributed by atoms with E-state index in [9.17, 15) is 4.79 Å². The number of piperidine rings is 1. The van der Waals surface area contributed by atoms with Crippen molar-refractivity contribution in [3.05, 3.63) is 35.0 Å². The number of fused-ring (bicyclic) bond motifs is 1. The lowest BCUT2D eigenvalue weighted by molar-refractivity contribution is -0.140. The number of rotatable bonds is 2. The second-order valence-corrected chi connectivity index (χ2v) is 6.65. The molecule has 0 bridgehead atoms. The number of likely N-dealkylation sites (tertiary alicyclic amines) is 1. The molecule has 0 saturated carbocycles. The zero-order valence-electron chi connectivity index (χ0n) is 13.4. The zero-order chi connectivity index (χ0) is 15.8. The van der Waals surface area contributed by atoms with E-state index in [2.05, 4.69) is 15.4 Å². The van der Waals surface area contributed by atoms with E-state index in [4.69, 9.17) is 4.42 Å². The maximum absolute atomic E-state index is 13.1. The van der Waals surface area contributed by atoms with Crippen LogP contribution in [0, 0.1) is 12.8 Å². The number of amides is 1. The van der Waals surface area contributed by atoms with Crippen LogP contribution >= 0.6 is 0 Å². The largest absolute Gasteiger partial charge is 0.464 e. The third-order valence-corrected chi connectivity index (χ3v) is 5.10. The SMILES string of the molecule is Cc1ccc(C2CCCCN2C(=O)C2CCc3n[nH]nc3C2)o1. The van der Waals surface area contributed by atoms with Crippen LogP contribution in [0.5, 0.6) is 0 Å². The van der Waals surface area contributed by atoms with Gasteiger partial charge in [0, 0.05) is 18.9 Å². The Morgan fingerprint density at radius 3 is 2.96 bits per heavy atom.